The number of carbonyl (C=O) groups is 1. The second-order valence-electron chi connectivity index (χ2n) is 3.86. The van der Waals surface area contributed by atoms with E-state index in [1.54, 1.807) is 0 Å². The Balaban J connectivity index is 2.50. The minimum Gasteiger partial charge on any atom is -0.369 e. The van der Waals surface area contributed by atoms with Crippen molar-refractivity contribution in [2.75, 3.05) is 13.1 Å². The molecule has 3 N–H and O–H groups in total. The smallest absolute Gasteiger partial charge is 0.220 e. The zero-order valence-electron chi connectivity index (χ0n) is 8.38. The molecule has 0 saturated carbocycles. The van der Waals surface area contributed by atoms with Crippen LogP contribution in [0.1, 0.15) is 32.6 Å². The van der Waals surface area contributed by atoms with E-state index in [1.807, 2.05) is 6.92 Å². The Morgan fingerprint density at radius 1 is 1.54 bits per heavy atom. The van der Waals surface area contributed by atoms with Gasteiger partial charge in [-0.2, -0.15) is 0 Å². The number of nitrogens with two attached hydrogens (primary N) is 1. The van der Waals surface area contributed by atoms with E-state index in [9.17, 15) is 4.79 Å². The first-order chi connectivity index (χ1) is 6.25. The Bertz CT molecular complexity index is 162. The van der Waals surface area contributed by atoms with Gasteiger partial charge in [-0.3, -0.25) is 4.79 Å². The van der Waals surface area contributed by atoms with Crippen LogP contribution in [0.5, 0.6) is 0 Å². The summed E-state index contributed by atoms with van der Waals surface area (Å²) in [5.41, 5.74) is 5.37. The molecule has 2 unspecified atom stereocenters. The average Bonchev–Trinajstić information content (AvgIpc) is 2.33. The van der Waals surface area contributed by atoms with E-state index in [1.165, 1.54) is 6.42 Å². The van der Waals surface area contributed by atoms with E-state index < -0.39 is 0 Å². The van der Waals surface area contributed by atoms with Crippen molar-refractivity contribution < 1.29 is 4.79 Å². The standard InChI is InChI=1S/C10H20N2O/c1-2-9(10(11)13)8-4-3-6-12-7-5-8/h8-9,12H,2-7H2,1H3,(H2,11,13). The molecule has 1 aliphatic rings. The summed E-state index contributed by atoms with van der Waals surface area (Å²) in [5.74, 6) is 0.492. The third kappa shape index (κ3) is 2.99. The van der Waals surface area contributed by atoms with Gasteiger partial charge < -0.3 is 11.1 Å². The summed E-state index contributed by atoms with van der Waals surface area (Å²) in [7, 11) is 0. The van der Waals surface area contributed by atoms with Crippen LogP contribution >= 0.6 is 0 Å². The molecule has 0 aliphatic carbocycles. The van der Waals surface area contributed by atoms with Gasteiger partial charge in [-0.1, -0.05) is 6.92 Å². The molecule has 1 amide bonds. The van der Waals surface area contributed by atoms with Gasteiger partial charge in [0.15, 0.2) is 0 Å². The fraction of sp³-hybridized carbons (Fsp3) is 0.900. The van der Waals surface area contributed by atoms with E-state index in [4.69, 9.17) is 5.73 Å². The normalized spacial score (nSPS) is 26.4. The van der Waals surface area contributed by atoms with Crippen LogP contribution in [0.4, 0.5) is 0 Å². The molecule has 13 heavy (non-hydrogen) atoms. The first-order valence-corrected chi connectivity index (χ1v) is 5.25. The van der Waals surface area contributed by atoms with Crippen molar-refractivity contribution in [2.45, 2.75) is 32.6 Å². The van der Waals surface area contributed by atoms with Crippen LogP contribution in [0.3, 0.4) is 0 Å². The molecule has 0 bridgehead atoms. The lowest BCUT2D eigenvalue weighted by Crippen LogP contribution is -2.30. The highest BCUT2D eigenvalue weighted by atomic mass is 16.1. The Kier molecular flexibility index (Phi) is 4.22. The first kappa shape index (κ1) is 10.5. The summed E-state index contributed by atoms with van der Waals surface area (Å²) in [6.07, 6.45) is 4.31. The maximum Gasteiger partial charge on any atom is 0.220 e. The van der Waals surface area contributed by atoms with Crippen LogP contribution < -0.4 is 11.1 Å². The minimum atomic E-state index is -0.116. The molecule has 1 rings (SSSR count). The Morgan fingerprint density at radius 3 is 2.92 bits per heavy atom. The molecule has 1 aliphatic heterocycles. The Hall–Kier alpha value is -0.570. The number of nitrogens with one attached hydrogen (secondary N) is 1. The second-order valence-corrected chi connectivity index (χ2v) is 3.86. The van der Waals surface area contributed by atoms with Gasteiger partial charge in [0, 0.05) is 5.92 Å². The van der Waals surface area contributed by atoms with Crippen molar-refractivity contribution >= 4 is 5.91 Å². The van der Waals surface area contributed by atoms with Crippen LogP contribution in [0.15, 0.2) is 0 Å². The number of carbonyl (C=O) groups excluding carboxylic acids is 1. The first-order valence-electron chi connectivity index (χ1n) is 5.25. The van der Waals surface area contributed by atoms with E-state index >= 15 is 0 Å². The molecule has 0 aromatic rings. The minimum absolute atomic E-state index is 0.0971. The predicted molar refractivity (Wildman–Crippen MR) is 53.2 cm³/mol. The fourth-order valence-electron chi connectivity index (χ4n) is 2.22. The van der Waals surface area contributed by atoms with E-state index in [-0.39, 0.29) is 11.8 Å². The van der Waals surface area contributed by atoms with Crippen LogP contribution in [-0.2, 0) is 4.79 Å². The fourth-order valence-corrected chi connectivity index (χ4v) is 2.22. The highest BCUT2D eigenvalue weighted by Crippen LogP contribution is 2.25. The second kappa shape index (κ2) is 5.22. The lowest BCUT2D eigenvalue weighted by molar-refractivity contribution is -0.123. The van der Waals surface area contributed by atoms with Crippen molar-refractivity contribution in [3.63, 3.8) is 0 Å². The molecule has 0 aromatic heterocycles. The summed E-state index contributed by atoms with van der Waals surface area (Å²) in [6, 6.07) is 0. The summed E-state index contributed by atoms with van der Waals surface area (Å²) < 4.78 is 0. The molecular weight excluding hydrogens is 164 g/mol. The van der Waals surface area contributed by atoms with Gasteiger partial charge in [0.2, 0.25) is 5.91 Å². The van der Waals surface area contributed by atoms with Gasteiger partial charge in [-0.05, 0) is 44.7 Å². The third-order valence-corrected chi connectivity index (χ3v) is 2.99. The number of hydrogen-bond donors (Lipinski definition) is 2. The number of primary amides is 1. The van der Waals surface area contributed by atoms with Crippen LogP contribution in [0.25, 0.3) is 0 Å². The molecule has 1 saturated heterocycles. The number of amides is 1. The molecular formula is C10H20N2O. The topological polar surface area (TPSA) is 55.1 Å². The van der Waals surface area contributed by atoms with Crippen molar-refractivity contribution in [3.8, 4) is 0 Å². The lowest BCUT2D eigenvalue weighted by Gasteiger charge is -2.21. The molecule has 76 valence electrons. The van der Waals surface area contributed by atoms with Crippen molar-refractivity contribution in [1.29, 1.82) is 0 Å². The maximum atomic E-state index is 11.1. The predicted octanol–water partition coefficient (Wildman–Crippen LogP) is 0.888. The number of hydrogen-bond acceptors (Lipinski definition) is 2. The van der Waals surface area contributed by atoms with Gasteiger partial charge >= 0.3 is 0 Å². The maximum absolute atomic E-state index is 11.1. The quantitative estimate of drug-likeness (QED) is 0.684. The third-order valence-electron chi connectivity index (χ3n) is 2.99. The molecule has 0 aromatic carbocycles. The van der Waals surface area contributed by atoms with Crippen LogP contribution in [0, 0.1) is 11.8 Å². The average molecular weight is 184 g/mol. The zero-order chi connectivity index (χ0) is 9.68. The summed E-state index contributed by atoms with van der Waals surface area (Å²) in [4.78, 5) is 11.1. The molecule has 2 atom stereocenters. The van der Waals surface area contributed by atoms with Gasteiger partial charge in [-0.15, -0.1) is 0 Å². The number of rotatable bonds is 3. The highest BCUT2D eigenvalue weighted by Gasteiger charge is 2.25. The van der Waals surface area contributed by atoms with Crippen molar-refractivity contribution in [3.05, 3.63) is 0 Å². The summed E-state index contributed by atoms with van der Waals surface area (Å²) >= 11 is 0. The van der Waals surface area contributed by atoms with Crippen molar-refractivity contribution in [2.24, 2.45) is 17.6 Å². The molecule has 3 heteroatoms. The molecule has 1 heterocycles. The highest BCUT2D eigenvalue weighted by molar-refractivity contribution is 5.76. The zero-order valence-corrected chi connectivity index (χ0v) is 8.38. The SMILES string of the molecule is CCC(C(N)=O)C1CCCNCC1. The molecule has 3 nitrogen and oxygen atoms in total. The molecule has 1 fully saturated rings. The summed E-state index contributed by atoms with van der Waals surface area (Å²) in [6.45, 7) is 4.17. The molecule has 0 spiro atoms. The molecule has 0 radical (unpaired) electrons. The lowest BCUT2D eigenvalue weighted by atomic mass is 9.84. The monoisotopic (exact) mass is 184 g/mol. The van der Waals surface area contributed by atoms with Gasteiger partial charge in [0.25, 0.3) is 0 Å². The van der Waals surface area contributed by atoms with Gasteiger partial charge in [0.05, 0.1) is 0 Å². The van der Waals surface area contributed by atoms with E-state index in [0.717, 1.165) is 32.4 Å². The Morgan fingerprint density at radius 2 is 2.31 bits per heavy atom. The Labute approximate surface area is 80.1 Å². The van der Waals surface area contributed by atoms with Crippen LogP contribution in [-0.4, -0.2) is 19.0 Å². The summed E-state index contributed by atoms with van der Waals surface area (Å²) in [5, 5.41) is 3.34. The van der Waals surface area contributed by atoms with E-state index in [0.29, 0.717) is 5.92 Å². The van der Waals surface area contributed by atoms with Crippen LogP contribution in [0.2, 0.25) is 0 Å². The van der Waals surface area contributed by atoms with Gasteiger partial charge in [-0.25, -0.2) is 0 Å². The van der Waals surface area contributed by atoms with E-state index in [2.05, 4.69) is 5.32 Å². The van der Waals surface area contributed by atoms with Gasteiger partial charge in [0.1, 0.15) is 0 Å². The van der Waals surface area contributed by atoms with Crippen molar-refractivity contribution in [1.82, 2.24) is 5.32 Å². The largest absolute Gasteiger partial charge is 0.369 e.